The van der Waals surface area contributed by atoms with Crippen LogP contribution in [-0.4, -0.2) is 39.2 Å². The molecule has 0 bridgehead atoms. The van der Waals surface area contributed by atoms with Crippen LogP contribution in [0.2, 0.25) is 0 Å². The van der Waals surface area contributed by atoms with E-state index in [2.05, 4.69) is 25.9 Å². The monoisotopic (exact) mass is 546 g/mol. The molecule has 0 saturated carbocycles. The van der Waals surface area contributed by atoms with Crippen molar-refractivity contribution in [2.24, 2.45) is 0 Å². The normalized spacial score (nSPS) is 16.9. The smallest absolute Gasteiger partial charge is 0.413 e. The summed E-state index contributed by atoms with van der Waals surface area (Å²) >= 11 is 3.30. The maximum Gasteiger partial charge on any atom is 0.413 e. The predicted molar refractivity (Wildman–Crippen MR) is 130 cm³/mol. The molecule has 1 aromatic heterocycles. The van der Waals surface area contributed by atoms with Crippen molar-refractivity contribution in [2.75, 3.05) is 16.8 Å². The highest BCUT2D eigenvalue weighted by molar-refractivity contribution is 9.10. The third-order valence-corrected chi connectivity index (χ3v) is 6.18. The molecule has 2 amide bonds. The van der Waals surface area contributed by atoms with Crippen LogP contribution >= 0.6 is 28.3 Å². The zero-order chi connectivity index (χ0) is 23.5. The number of halogens is 3. The number of hydrogen-bond acceptors (Lipinski definition) is 4. The van der Waals surface area contributed by atoms with Gasteiger partial charge in [0.2, 0.25) is 5.95 Å². The van der Waals surface area contributed by atoms with Crippen LogP contribution in [0.15, 0.2) is 65.1 Å². The second-order valence-electron chi connectivity index (χ2n) is 7.59. The highest BCUT2D eigenvalue weighted by Gasteiger charge is 2.51. The summed E-state index contributed by atoms with van der Waals surface area (Å²) in [6, 6.07) is 15.4. The summed E-state index contributed by atoms with van der Waals surface area (Å²) in [5, 5.41) is 21.3. The van der Waals surface area contributed by atoms with E-state index in [9.17, 15) is 24.2 Å². The van der Waals surface area contributed by atoms with Crippen molar-refractivity contribution in [3.05, 3.63) is 87.6 Å². The van der Waals surface area contributed by atoms with Gasteiger partial charge in [-0.3, -0.25) is 14.6 Å². The van der Waals surface area contributed by atoms with Crippen molar-refractivity contribution < 1.29 is 24.2 Å². The predicted octanol–water partition coefficient (Wildman–Crippen LogP) is 4.85. The van der Waals surface area contributed by atoms with Gasteiger partial charge in [-0.15, -0.1) is 12.4 Å². The number of fused-ring (bicyclic) bond motifs is 2. The van der Waals surface area contributed by atoms with Crippen molar-refractivity contribution in [2.45, 2.75) is 5.72 Å². The number of nitrogens with one attached hydrogen (secondary N) is 1. The average molecular weight is 548 g/mol. The average Bonchev–Trinajstić information content (AvgIpc) is 3.32. The minimum absolute atomic E-state index is 0. The molecule has 8 nitrogen and oxygen atoms in total. The van der Waals surface area contributed by atoms with Gasteiger partial charge in [0.15, 0.2) is 5.72 Å². The molecule has 3 aromatic carbocycles. The van der Waals surface area contributed by atoms with Crippen molar-refractivity contribution in [1.82, 2.24) is 9.97 Å². The lowest BCUT2D eigenvalue weighted by atomic mass is 9.93. The number of anilines is 2. The van der Waals surface area contributed by atoms with Crippen LogP contribution in [0.5, 0.6) is 0 Å². The maximum atomic E-state index is 14.9. The standard InChI is InChI=1S/C23H16BrFN4O4.ClH/c1-28(22(31)32)21-26-17-9-6-12(10-18(17)27-21)23(33)15-5-3-2-4-14(15)20(30)29(23)19-11-13(24)7-8-16(19)25;/h2-11,33H,1H3,(H,26,27)(H,31,32);1H. The van der Waals surface area contributed by atoms with Gasteiger partial charge in [-0.1, -0.05) is 40.2 Å². The summed E-state index contributed by atoms with van der Waals surface area (Å²) in [4.78, 5) is 33.8. The molecule has 34 heavy (non-hydrogen) atoms. The molecule has 3 N–H and O–H groups in total. The largest absolute Gasteiger partial charge is 0.465 e. The van der Waals surface area contributed by atoms with Crippen LogP contribution in [0.4, 0.5) is 20.8 Å². The molecule has 0 fully saturated rings. The topological polar surface area (TPSA) is 110 Å². The number of carboxylic acid groups (broad SMARTS) is 1. The zero-order valence-electron chi connectivity index (χ0n) is 17.5. The summed E-state index contributed by atoms with van der Waals surface area (Å²) in [6.07, 6.45) is -1.19. The first-order chi connectivity index (χ1) is 15.7. The number of rotatable bonds is 3. The molecule has 0 spiro atoms. The summed E-state index contributed by atoms with van der Waals surface area (Å²) in [7, 11) is 1.35. The van der Waals surface area contributed by atoms with Gasteiger partial charge in [-0.2, -0.15) is 0 Å². The van der Waals surface area contributed by atoms with Crippen molar-refractivity contribution in [3.8, 4) is 0 Å². The molecule has 2 heterocycles. The second kappa shape index (κ2) is 8.39. The maximum absolute atomic E-state index is 14.9. The molecule has 1 aliphatic rings. The molecule has 11 heteroatoms. The SMILES string of the molecule is CN(C(=O)O)c1nc2ccc(C3(O)c4ccccc4C(=O)N3c3cc(Br)ccc3F)cc2[nH]1.Cl. The third-order valence-electron chi connectivity index (χ3n) is 5.69. The van der Waals surface area contributed by atoms with Gasteiger partial charge in [0.25, 0.3) is 5.91 Å². The van der Waals surface area contributed by atoms with Gasteiger partial charge in [0.05, 0.1) is 16.7 Å². The summed E-state index contributed by atoms with van der Waals surface area (Å²) in [5.74, 6) is -1.13. The Balaban J connectivity index is 0.00000274. The highest BCUT2D eigenvalue weighted by atomic mass is 79.9. The fourth-order valence-electron chi connectivity index (χ4n) is 4.05. The van der Waals surface area contributed by atoms with Gasteiger partial charge in [0, 0.05) is 28.2 Å². The molecule has 1 atom stereocenters. The molecule has 5 rings (SSSR count). The first kappa shape index (κ1) is 23.7. The molecule has 0 aliphatic carbocycles. The van der Waals surface area contributed by atoms with Crippen LogP contribution in [0, 0.1) is 5.82 Å². The summed E-state index contributed by atoms with van der Waals surface area (Å²) in [5.41, 5.74) is -0.386. The minimum Gasteiger partial charge on any atom is -0.465 e. The van der Waals surface area contributed by atoms with E-state index in [4.69, 9.17) is 0 Å². The Kier molecular flexibility index (Phi) is 5.84. The lowest BCUT2D eigenvalue weighted by Crippen LogP contribution is -2.45. The Morgan fingerprint density at radius 2 is 1.91 bits per heavy atom. The summed E-state index contributed by atoms with van der Waals surface area (Å²) < 4.78 is 15.4. The van der Waals surface area contributed by atoms with E-state index in [1.165, 1.54) is 25.2 Å². The van der Waals surface area contributed by atoms with E-state index < -0.39 is 23.5 Å². The van der Waals surface area contributed by atoms with E-state index in [0.717, 1.165) is 9.80 Å². The van der Waals surface area contributed by atoms with Gasteiger partial charge >= 0.3 is 6.09 Å². The third kappa shape index (κ3) is 3.42. The molecule has 174 valence electrons. The number of amides is 2. The molecule has 0 radical (unpaired) electrons. The van der Waals surface area contributed by atoms with Gasteiger partial charge in [-0.05, 0) is 36.4 Å². The molecular weight excluding hydrogens is 531 g/mol. The van der Waals surface area contributed by atoms with Crippen LogP contribution < -0.4 is 9.80 Å². The van der Waals surface area contributed by atoms with Crippen molar-refractivity contribution in [3.63, 3.8) is 0 Å². The first-order valence-corrected chi connectivity index (χ1v) is 10.6. The number of carbonyl (C=O) groups excluding carboxylic acids is 1. The van der Waals surface area contributed by atoms with Gasteiger partial charge in [0.1, 0.15) is 5.82 Å². The minimum atomic E-state index is -2.02. The Hall–Kier alpha value is -3.47. The molecular formula is C23H17BrClFN4O4. The Morgan fingerprint density at radius 3 is 2.65 bits per heavy atom. The number of carbonyl (C=O) groups is 2. The lowest BCUT2D eigenvalue weighted by Gasteiger charge is -2.35. The fourth-order valence-corrected chi connectivity index (χ4v) is 4.40. The van der Waals surface area contributed by atoms with Crippen molar-refractivity contribution >= 4 is 63.0 Å². The number of H-pyrrole nitrogens is 1. The van der Waals surface area contributed by atoms with Crippen LogP contribution in [0.1, 0.15) is 21.5 Å². The Labute approximate surface area is 207 Å². The highest BCUT2D eigenvalue weighted by Crippen LogP contribution is 2.46. The van der Waals surface area contributed by atoms with Gasteiger partial charge in [-0.25, -0.2) is 14.2 Å². The number of aromatic nitrogens is 2. The number of aromatic amines is 1. The molecule has 1 unspecified atom stereocenters. The van der Waals surface area contributed by atoms with E-state index in [-0.39, 0.29) is 35.2 Å². The fraction of sp³-hybridized carbons (Fsp3) is 0.0870. The van der Waals surface area contributed by atoms with Crippen LogP contribution in [0.3, 0.4) is 0 Å². The Morgan fingerprint density at radius 1 is 1.18 bits per heavy atom. The van der Waals surface area contributed by atoms with Gasteiger partial charge < -0.3 is 15.2 Å². The van der Waals surface area contributed by atoms with E-state index in [0.29, 0.717) is 21.1 Å². The number of nitrogens with zero attached hydrogens (tertiary/aromatic N) is 3. The summed E-state index contributed by atoms with van der Waals surface area (Å²) in [6.45, 7) is 0. The second-order valence-corrected chi connectivity index (χ2v) is 8.50. The molecule has 1 aliphatic heterocycles. The zero-order valence-corrected chi connectivity index (χ0v) is 19.9. The first-order valence-electron chi connectivity index (χ1n) is 9.80. The van der Waals surface area contributed by atoms with Crippen LogP contribution in [0.25, 0.3) is 11.0 Å². The number of hydrogen-bond donors (Lipinski definition) is 3. The van der Waals surface area contributed by atoms with Crippen molar-refractivity contribution in [1.29, 1.82) is 0 Å². The lowest BCUT2D eigenvalue weighted by molar-refractivity contribution is 0.0699. The quantitative estimate of drug-likeness (QED) is 0.340. The molecule has 4 aromatic rings. The van der Waals surface area contributed by atoms with E-state index >= 15 is 0 Å². The Bertz CT molecular complexity index is 1460. The number of benzene rings is 3. The number of imidazole rings is 1. The number of aliphatic hydroxyl groups is 1. The molecule has 0 saturated heterocycles. The van der Waals surface area contributed by atoms with Crippen LogP contribution in [-0.2, 0) is 5.72 Å². The van der Waals surface area contributed by atoms with E-state index in [1.807, 2.05) is 0 Å². The van der Waals surface area contributed by atoms with E-state index in [1.54, 1.807) is 42.5 Å².